The Morgan fingerprint density at radius 2 is 1.69 bits per heavy atom. The number of aryl methyl sites for hydroxylation is 1. The Morgan fingerprint density at radius 3 is 2.45 bits per heavy atom. The van der Waals surface area contributed by atoms with Gasteiger partial charge in [-0.25, -0.2) is 0 Å². The number of carbonyl (C=O) groups is 1. The zero-order chi connectivity index (χ0) is 20.2. The van der Waals surface area contributed by atoms with Crippen LogP contribution in [0.4, 0.5) is 0 Å². The van der Waals surface area contributed by atoms with Gasteiger partial charge >= 0.3 is 5.97 Å². The first-order valence-electron chi connectivity index (χ1n) is 11.1. The van der Waals surface area contributed by atoms with E-state index in [1.54, 1.807) is 0 Å². The molecular weight excluding hydrogens is 356 g/mol. The van der Waals surface area contributed by atoms with E-state index < -0.39 is 0 Å². The monoisotopic (exact) mass is 386 g/mol. The van der Waals surface area contributed by atoms with Gasteiger partial charge in [-0.2, -0.15) is 0 Å². The van der Waals surface area contributed by atoms with Crippen LogP contribution in [0.1, 0.15) is 57.1 Å². The minimum absolute atomic E-state index is 0.00686. The number of hydrogen-bond donors (Lipinski definition) is 0. The fraction of sp³-hybridized carbons (Fsp3) is 0.370. The molecule has 0 saturated heterocycles. The fourth-order valence-electron chi connectivity index (χ4n) is 4.35. The quantitative estimate of drug-likeness (QED) is 0.245. The van der Waals surface area contributed by atoms with Crippen molar-refractivity contribution in [1.82, 2.24) is 0 Å². The number of benzene rings is 3. The van der Waals surface area contributed by atoms with Crippen molar-refractivity contribution < 1.29 is 9.53 Å². The van der Waals surface area contributed by atoms with Crippen molar-refractivity contribution >= 4 is 16.7 Å². The van der Waals surface area contributed by atoms with Crippen LogP contribution in [0.25, 0.3) is 21.9 Å². The van der Waals surface area contributed by atoms with E-state index in [1.807, 2.05) is 0 Å². The summed E-state index contributed by atoms with van der Waals surface area (Å²) in [7, 11) is 0. The Morgan fingerprint density at radius 1 is 0.897 bits per heavy atom. The lowest BCUT2D eigenvalue weighted by Gasteiger charge is -2.24. The summed E-state index contributed by atoms with van der Waals surface area (Å²) >= 11 is 0. The third-order valence-corrected chi connectivity index (χ3v) is 6.04. The minimum Gasteiger partial charge on any atom is -0.425 e. The predicted octanol–water partition coefficient (Wildman–Crippen LogP) is 7.12. The largest absolute Gasteiger partial charge is 0.425 e. The van der Waals surface area contributed by atoms with Crippen LogP contribution in [0.15, 0.2) is 54.6 Å². The van der Waals surface area contributed by atoms with Gasteiger partial charge in [0.15, 0.2) is 0 Å². The van der Waals surface area contributed by atoms with Crippen LogP contribution in [0.3, 0.4) is 0 Å². The van der Waals surface area contributed by atoms with Crippen molar-refractivity contribution in [1.29, 1.82) is 0 Å². The number of ether oxygens (including phenoxy) is 1. The normalized spacial score (nSPS) is 15.9. The molecule has 0 amide bonds. The Bertz CT molecular complexity index is 1000. The second-order valence-corrected chi connectivity index (χ2v) is 8.25. The molecule has 0 radical (unpaired) electrons. The third-order valence-electron chi connectivity index (χ3n) is 6.04. The van der Waals surface area contributed by atoms with Crippen molar-refractivity contribution in [3.8, 4) is 16.9 Å². The van der Waals surface area contributed by atoms with Crippen molar-refractivity contribution in [3.05, 3.63) is 65.7 Å². The molecule has 0 aliphatic carbocycles. The number of carbonyl (C=O) groups excluding carboxylic acids is 1. The van der Waals surface area contributed by atoms with Crippen LogP contribution in [-0.4, -0.2) is 5.97 Å². The lowest BCUT2D eigenvalue weighted by Crippen LogP contribution is -2.27. The summed E-state index contributed by atoms with van der Waals surface area (Å²) in [5, 5.41) is 2.16. The number of esters is 1. The van der Waals surface area contributed by atoms with Crippen molar-refractivity contribution in [2.45, 2.75) is 58.8 Å². The molecule has 1 heterocycles. The van der Waals surface area contributed by atoms with Gasteiger partial charge in [-0.3, -0.25) is 4.79 Å². The van der Waals surface area contributed by atoms with Crippen LogP contribution >= 0.6 is 0 Å². The van der Waals surface area contributed by atoms with Crippen molar-refractivity contribution in [2.75, 3.05) is 0 Å². The molecule has 0 bridgehead atoms. The molecule has 1 atom stereocenters. The Labute approximate surface area is 173 Å². The molecule has 3 aromatic carbocycles. The number of unbranched alkanes of at least 4 members (excludes halogenated alkanes) is 2. The topological polar surface area (TPSA) is 26.3 Å². The first-order valence-corrected chi connectivity index (χ1v) is 11.1. The van der Waals surface area contributed by atoms with Gasteiger partial charge in [0.2, 0.25) is 0 Å². The van der Waals surface area contributed by atoms with E-state index in [2.05, 4.69) is 68.4 Å². The van der Waals surface area contributed by atoms with Gasteiger partial charge in [-0.05, 0) is 53.0 Å². The van der Waals surface area contributed by atoms with E-state index in [9.17, 15) is 4.79 Å². The Kier molecular flexibility index (Phi) is 5.99. The molecule has 4 rings (SSSR count). The second-order valence-electron chi connectivity index (χ2n) is 8.25. The molecule has 0 aromatic heterocycles. The maximum Gasteiger partial charge on any atom is 0.314 e. The van der Waals surface area contributed by atoms with Gasteiger partial charge in [0, 0.05) is 5.39 Å². The lowest BCUT2D eigenvalue weighted by atomic mass is 9.89. The summed E-state index contributed by atoms with van der Waals surface area (Å²) in [6, 6.07) is 19.6. The summed E-state index contributed by atoms with van der Waals surface area (Å²) in [6.07, 6.45) is 7.46. The molecule has 150 valence electrons. The third kappa shape index (κ3) is 4.22. The van der Waals surface area contributed by atoms with Crippen LogP contribution in [0.2, 0.25) is 0 Å². The average molecular weight is 387 g/mol. The molecule has 1 aliphatic heterocycles. The van der Waals surface area contributed by atoms with E-state index in [4.69, 9.17) is 4.74 Å². The van der Waals surface area contributed by atoms with Gasteiger partial charge in [-0.15, -0.1) is 0 Å². The zero-order valence-corrected chi connectivity index (χ0v) is 17.5. The summed E-state index contributed by atoms with van der Waals surface area (Å²) in [4.78, 5) is 12.5. The maximum absolute atomic E-state index is 12.5. The fourth-order valence-corrected chi connectivity index (χ4v) is 4.35. The van der Waals surface area contributed by atoms with E-state index >= 15 is 0 Å². The van der Waals surface area contributed by atoms with Gasteiger partial charge < -0.3 is 4.74 Å². The summed E-state index contributed by atoms with van der Waals surface area (Å²) < 4.78 is 5.84. The maximum atomic E-state index is 12.5. The molecule has 2 nitrogen and oxygen atoms in total. The van der Waals surface area contributed by atoms with Crippen LogP contribution in [0, 0.1) is 5.92 Å². The minimum atomic E-state index is -0.0586. The Balaban J connectivity index is 1.60. The van der Waals surface area contributed by atoms with E-state index in [-0.39, 0.29) is 11.9 Å². The average Bonchev–Trinajstić information content (AvgIpc) is 2.75. The smallest absolute Gasteiger partial charge is 0.314 e. The van der Waals surface area contributed by atoms with Gasteiger partial charge in [0.25, 0.3) is 0 Å². The first kappa shape index (κ1) is 19.7. The van der Waals surface area contributed by atoms with Gasteiger partial charge in [0.1, 0.15) is 5.75 Å². The molecule has 0 spiro atoms. The van der Waals surface area contributed by atoms with Crippen molar-refractivity contribution in [2.24, 2.45) is 5.92 Å². The van der Waals surface area contributed by atoms with Gasteiger partial charge in [0.05, 0.1) is 5.92 Å². The number of hydrogen-bond acceptors (Lipinski definition) is 2. The highest BCUT2D eigenvalue weighted by Gasteiger charge is 2.29. The van der Waals surface area contributed by atoms with E-state index in [1.165, 1.54) is 36.0 Å². The summed E-state index contributed by atoms with van der Waals surface area (Å²) in [5.74, 6) is 0.716. The highest BCUT2D eigenvalue weighted by atomic mass is 16.5. The lowest BCUT2D eigenvalue weighted by molar-refractivity contribution is -0.140. The van der Waals surface area contributed by atoms with Crippen molar-refractivity contribution in [3.63, 3.8) is 0 Å². The van der Waals surface area contributed by atoms with Crippen LogP contribution < -0.4 is 4.74 Å². The summed E-state index contributed by atoms with van der Waals surface area (Å²) in [6.45, 7) is 4.40. The first-order chi connectivity index (χ1) is 14.2. The molecular formula is C27H30O2. The van der Waals surface area contributed by atoms with Crippen LogP contribution in [0.5, 0.6) is 5.75 Å². The highest BCUT2D eigenvalue weighted by Crippen LogP contribution is 2.38. The predicted molar refractivity (Wildman–Crippen MR) is 120 cm³/mol. The van der Waals surface area contributed by atoms with Crippen LogP contribution in [-0.2, 0) is 17.6 Å². The second kappa shape index (κ2) is 8.82. The standard InChI is InChI=1S/C27H30O2/c1-3-5-6-8-24-18-23-14-13-22-17-21(15-16-25(22)26(23)29-27(24)28)20-11-9-19(7-4-2)10-12-20/h9-17,24H,3-8,18H2,1-2H3. The SMILES string of the molecule is CCCCCC1Cc2ccc3cc(-c4ccc(CCC)cc4)ccc3c2OC1=O. The number of rotatable bonds is 7. The zero-order valence-electron chi connectivity index (χ0n) is 17.5. The molecule has 1 unspecified atom stereocenters. The highest BCUT2D eigenvalue weighted by molar-refractivity contribution is 5.95. The molecule has 1 aliphatic rings. The number of fused-ring (bicyclic) bond motifs is 3. The van der Waals surface area contributed by atoms with E-state index in [0.29, 0.717) is 0 Å². The molecule has 0 saturated carbocycles. The summed E-state index contributed by atoms with van der Waals surface area (Å²) in [5.41, 5.74) is 4.96. The Hall–Kier alpha value is -2.61. The molecule has 29 heavy (non-hydrogen) atoms. The van der Waals surface area contributed by atoms with E-state index in [0.717, 1.165) is 47.8 Å². The van der Waals surface area contributed by atoms with Gasteiger partial charge in [-0.1, -0.05) is 88.1 Å². The molecule has 3 aromatic rings. The molecule has 2 heteroatoms. The molecule has 0 fully saturated rings. The molecule has 0 N–H and O–H groups in total.